The Kier molecular flexibility index (Phi) is 4.63. The molecule has 1 N–H and O–H groups in total. The molecule has 0 spiro atoms. The average Bonchev–Trinajstić information content (AvgIpc) is 3.46. The van der Waals surface area contributed by atoms with E-state index < -0.39 is 22.2 Å². The van der Waals surface area contributed by atoms with Crippen molar-refractivity contribution >= 4 is 27.7 Å². The van der Waals surface area contributed by atoms with Gasteiger partial charge in [-0.3, -0.25) is 4.90 Å². The lowest BCUT2D eigenvalue weighted by Crippen LogP contribution is -2.44. The van der Waals surface area contributed by atoms with Crippen LogP contribution >= 0.6 is 11.6 Å². The van der Waals surface area contributed by atoms with Crippen LogP contribution < -0.4 is 0 Å². The number of fused-ring (bicyclic) bond motifs is 1. The molecule has 1 aromatic rings. The zero-order valence-corrected chi connectivity index (χ0v) is 15.8. The fraction of sp³-hybridized carbons (Fsp3) is 0.588. The highest BCUT2D eigenvalue weighted by molar-refractivity contribution is 7.90. The second kappa shape index (κ2) is 6.67. The van der Waals surface area contributed by atoms with Crippen molar-refractivity contribution in [1.82, 2.24) is 9.21 Å². The molecule has 4 rings (SSSR count). The molecule has 142 valence electrons. The van der Waals surface area contributed by atoms with Crippen molar-refractivity contribution in [2.75, 3.05) is 26.3 Å². The van der Waals surface area contributed by atoms with Crippen molar-refractivity contribution < 1.29 is 23.1 Å². The molecule has 0 unspecified atom stereocenters. The first-order valence-electron chi connectivity index (χ1n) is 8.75. The van der Waals surface area contributed by atoms with E-state index in [0.717, 1.165) is 29.5 Å². The molecule has 0 radical (unpaired) electrons. The number of benzene rings is 1. The molecule has 1 saturated heterocycles. The molecule has 9 heteroatoms. The summed E-state index contributed by atoms with van der Waals surface area (Å²) in [6.45, 7) is 1.59. The number of carboxylic acid groups (broad SMARTS) is 1. The average molecular weight is 401 g/mol. The molecule has 2 heterocycles. The zero-order chi connectivity index (χ0) is 18.5. The van der Waals surface area contributed by atoms with Crippen molar-refractivity contribution in [3.8, 4) is 0 Å². The van der Waals surface area contributed by atoms with Gasteiger partial charge in [0.25, 0.3) is 0 Å². The maximum absolute atomic E-state index is 12.7. The predicted octanol–water partition coefficient (Wildman–Crippen LogP) is 2.24. The first-order chi connectivity index (χ1) is 12.4. The fourth-order valence-electron chi connectivity index (χ4n) is 3.81. The summed E-state index contributed by atoms with van der Waals surface area (Å²) in [6, 6.07) is 3.14. The van der Waals surface area contributed by atoms with Crippen LogP contribution in [0.25, 0.3) is 0 Å². The molecule has 7 nitrogen and oxygen atoms in total. The minimum absolute atomic E-state index is 0.245. The van der Waals surface area contributed by atoms with Crippen LogP contribution in [0.1, 0.15) is 35.6 Å². The predicted molar refractivity (Wildman–Crippen MR) is 95.8 cm³/mol. The highest BCUT2D eigenvalue weighted by atomic mass is 35.5. The molecule has 1 atom stereocenters. The monoisotopic (exact) mass is 400 g/mol. The summed E-state index contributed by atoms with van der Waals surface area (Å²) in [5.41, 5.74) is 2.61. The number of amides is 1. The summed E-state index contributed by atoms with van der Waals surface area (Å²) in [5, 5.41) is 9.82. The van der Waals surface area contributed by atoms with E-state index in [1.165, 1.54) is 4.90 Å². The number of hydrogen-bond acceptors (Lipinski definition) is 4. The van der Waals surface area contributed by atoms with Crippen molar-refractivity contribution in [3.63, 3.8) is 0 Å². The lowest BCUT2D eigenvalue weighted by molar-refractivity contribution is -0.00135. The Morgan fingerprint density at radius 3 is 2.73 bits per heavy atom. The van der Waals surface area contributed by atoms with Crippen LogP contribution in [0.3, 0.4) is 0 Å². The fourth-order valence-corrected chi connectivity index (χ4v) is 5.87. The summed E-state index contributed by atoms with van der Waals surface area (Å²) < 4.78 is 32.4. The van der Waals surface area contributed by atoms with Gasteiger partial charge in [0.2, 0.25) is 10.0 Å². The number of hydrogen-bond donors (Lipinski definition) is 1. The third-order valence-corrected chi connectivity index (χ3v) is 7.91. The minimum Gasteiger partial charge on any atom is -0.465 e. The third kappa shape index (κ3) is 3.19. The number of rotatable bonds is 3. The molecule has 26 heavy (non-hydrogen) atoms. The summed E-state index contributed by atoms with van der Waals surface area (Å²) in [5.74, 6) is 0. The van der Waals surface area contributed by atoms with Crippen molar-refractivity contribution in [2.24, 2.45) is 0 Å². The largest absolute Gasteiger partial charge is 0.465 e. The van der Waals surface area contributed by atoms with Gasteiger partial charge >= 0.3 is 6.09 Å². The number of morpholine rings is 1. The van der Waals surface area contributed by atoms with E-state index >= 15 is 0 Å². The summed E-state index contributed by atoms with van der Waals surface area (Å²) in [7, 11) is -3.28. The van der Waals surface area contributed by atoms with Crippen molar-refractivity contribution in [1.29, 1.82) is 0 Å². The first-order valence-corrected chi connectivity index (χ1v) is 10.6. The van der Waals surface area contributed by atoms with E-state index in [1.807, 2.05) is 6.07 Å². The molecule has 0 bridgehead atoms. The van der Waals surface area contributed by atoms with Gasteiger partial charge in [0.15, 0.2) is 0 Å². The Balaban J connectivity index is 1.72. The smallest absolute Gasteiger partial charge is 0.407 e. The summed E-state index contributed by atoms with van der Waals surface area (Å²) in [6.07, 6.45) is 1.02. The molecule has 0 aromatic heterocycles. The van der Waals surface area contributed by atoms with Crippen LogP contribution in [0, 0.1) is 0 Å². The molecule has 1 aliphatic carbocycles. The molecular weight excluding hydrogens is 380 g/mol. The number of carbonyl (C=O) groups is 1. The quantitative estimate of drug-likeness (QED) is 0.840. The Morgan fingerprint density at radius 1 is 1.27 bits per heavy atom. The SMILES string of the molecule is O=C(O)N1CCOC[C@H]1c1cc(Cl)cc2c1CN(S(=O)(=O)C1CC1)CC2. The van der Waals surface area contributed by atoms with Crippen LogP contribution in [0.4, 0.5) is 4.79 Å². The van der Waals surface area contributed by atoms with E-state index in [9.17, 15) is 18.3 Å². The number of sulfonamides is 1. The molecule has 1 aromatic carbocycles. The number of nitrogens with zero attached hydrogens (tertiary/aromatic N) is 2. The second-order valence-electron chi connectivity index (χ2n) is 7.03. The lowest BCUT2D eigenvalue weighted by atomic mass is 9.91. The van der Waals surface area contributed by atoms with Gasteiger partial charge in [0.1, 0.15) is 0 Å². The summed E-state index contributed by atoms with van der Waals surface area (Å²) in [4.78, 5) is 13.0. The molecule has 2 fully saturated rings. The topological polar surface area (TPSA) is 87.2 Å². The van der Waals surface area contributed by atoms with E-state index in [2.05, 4.69) is 0 Å². The first kappa shape index (κ1) is 18.0. The Bertz CT molecular complexity index is 840. The van der Waals surface area contributed by atoms with Gasteiger partial charge in [0, 0.05) is 24.7 Å². The van der Waals surface area contributed by atoms with Gasteiger partial charge in [-0.05, 0) is 48.1 Å². The van der Waals surface area contributed by atoms with Crippen LogP contribution in [0.5, 0.6) is 0 Å². The molecule has 2 aliphatic heterocycles. The molecular formula is C17H21ClN2O5S. The normalized spacial score (nSPS) is 24.3. The maximum Gasteiger partial charge on any atom is 0.407 e. The number of halogens is 1. The highest BCUT2D eigenvalue weighted by Crippen LogP contribution is 2.38. The van der Waals surface area contributed by atoms with Gasteiger partial charge in [0.05, 0.1) is 24.5 Å². The van der Waals surface area contributed by atoms with E-state index in [-0.39, 0.29) is 24.9 Å². The Labute approximate surface area is 157 Å². The maximum atomic E-state index is 12.7. The number of ether oxygens (including phenoxy) is 1. The van der Waals surface area contributed by atoms with Gasteiger partial charge < -0.3 is 9.84 Å². The van der Waals surface area contributed by atoms with Crippen LogP contribution in [0.2, 0.25) is 5.02 Å². The standard InChI is InChI=1S/C17H21ClN2O5S/c18-12-7-11-3-4-19(26(23,24)13-1-2-13)9-15(11)14(8-12)16-10-25-6-5-20(16)17(21)22/h7-8,13,16H,1-6,9-10H2,(H,21,22)/t16-/m0/s1. The van der Waals surface area contributed by atoms with E-state index in [0.29, 0.717) is 24.6 Å². The van der Waals surface area contributed by atoms with Crippen molar-refractivity contribution in [2.45, 2.75) is 37.1 Å². The minimum atomic E-state index is -3.28. The highest BCUT2D eigenvalue weighted by Gasteiger charge is 2.42. The Hall–Kier alpha value is -1.35. The summed E-state index contributed by atoms with van der Waals surface area (Å²) >= 11 is 6.28. The van der Waals surface area contributed by atoms with Crippen LogP contribution in [-0.4, -0.2) is 60.4 Å². The molecule has 1 saturated carbocycles. The van der Waals surface area contributed by atoms with Gasteiger partial charge in [-0.2, -0.15) is 4.31 Å². The van der Waals surface area contributed by atoms with E-state index in [4.69, 9.17) is 16.3 Å². The third-order valence-electron chi connectivity index (χ3n) is 5.35. The Morgan fingerprint density at radius 2 is 2.04 bits per heavy atom. The zero-order valence-electron chi connectivity index (χ0n) is 14.2. The lowest BCUT2D eigenvalue weighted by Gasteiger charge is -2.37. The second-order valence-corrected chi connectivity index (χ2v) is 9.68. The van der Waals surface area contributed by atoms with Crippen LogP contribution in [-0.2, 0) is 27.7 Å². The van der Waals surface area contributed by atoms with Gasteiger partial charge in [-0.15, -0.1) is 0 Å². The molecule has 3 aliphatic rings. The van der Waals surface area contributed by atoms with Gasteiger partial charge in [-0.1, -0.05) is 11.6 Å². The van der Waals surface area contributed by atoms with E-state index in [1.54, 1.807) is 10.4 Å². The van der Waals surface area contributed by atoms with Gasteiger partial charge in [-0.25, -0.2) is 13.2 Å². The molecule has 1 amide bonds. The van der Waals surface area contributed by atoms with Crippen molar-refractivity contribution in [3.05, 3.63) is 33.8 Å². The van der Waals surface area contributed by atoms with Crippen LogP contribution in [0.15, 0.2) is 12.1 Å².